The Morgan fingerprint density at radius 3 is 2.61 bits per heavy atom. The second-order valence-electron chi connectivity index (χ2n) is 9.11. The Hall–Kier alpha value is -3.44. The summed E-state index contributed by atoms with van der Waals surface area (Å²) in [7, 11) is -0.325. The number of imidazole rings is 1. The van der Waals surface area contributed by atoms with Crippen LogP contribution in [-0.4, -0.2) is 71.2 Å². The van der Waals surface area contributed by atoms with Gasteiger partial charge >= 0.3 is 6.03 Å². The van der Waals surface area contributed by atoms with E-state index in [1.54, 1.807) is 60.8 Å². The quantitative estimate of drug-likeness (QED) is 0.382. The number of benzene rings is 1. The Bertz CT molecular complexity index is 1470. The van der Waals surface area contributed by atoms with Crippen LogP contribution < -0.4 is 5.32 Å². The molecule has 1 aromatic carbocycles. The maximum atomic E-state index is 13.3. The molecule has 0 spiro atoms. The fourth-order valence-corrected chi connectivity index (χ4v) is 6.36. The molecule has 1 saturated carbocycles. The zero-order valence-corrected chi connectivity index (χ0v) is 21.2. The number of carbonyl (C=O) groups excluding carboxylic acids is 1. The van der Waals surface area contributed by atoms with E-state index in [0.717, 1.165) is 42.1 Å². The van der Waals surface area contributed by atoms with Crippen molar-refractivity contribution in [2.45, 2.75) is 42.7 Å². The van der Waals surface area contributed by atoms with Gasteiger partial charge in [-0.25, -0.2) is 27.2 Å². The van der Waals surface area contributed by atoms with Crippen LogP contribution in [0.3, 0.4) is 0 Å². The molecule has 5 rings (SSSR count). The van der Waals surface area contributed by atoms with Crippen LogP contribution in [0.15, 0.2) is 60.0 Å². The summed E-state index contributed by atoms with van der Waals surface area (Å²) in [5.74, 6) is 0. The first-order chi connectivity index (χ1) is 17.4. The molecule has 1 fully saturated rings. The highest BCUT2D eigenvalue weighted by atomic mass is 32.2. The number of nitrogens with zero attached hydrogens (tertiary/aromatic N) is 5. The number of nitrogens with one attached hydrogen (secondary N) is 1. The zero-order chi connectivity index (χ0) is 25.3. The van der Waals surface area contributed by atoms with E-state index in [2.05, 4.69) is 19.9 Å². The summed E-state index contributed by atoms with van der Waals surface area (Å²) in [5.41, 5.74) is 2.00. The van der Waals surface area contributed by atoms with E-state index < -0.39 is 10.0 Å². The monoisotopic (exact) mass is 510 g/mol. The molecule has 1 N–H and O–H groups in total. The lowest BCUT2D eigenvalue weighted by molar-refractivity contribution is 0.155. The van der Waals surface area contributed by atoms with Gasteiger partial charge in [0.2, 0.25) is 0 Å². The van der Waals surface area contributed by atoms with Crippen molar-refractivity contribution in [2.24, 2.45) is 0 Å². The van der Waals surface area contributed by atoms with Crippen LogP contribution in [0.4, 0.5) is 4.79 Å². The molecule has 0 saturated heterocycles. The molecule has 190 valence electrons. The second-order valence-corrected chi connectivity index (χ2v) is 10.9. The normalized spacial score (nSPS) is 18.5. The molecule has 0 bridgehead atoms. The van der Waals surface area contributed by atoms with Crippen molar-refractivity contribution in [3.8, 4) is 0 Å². The number of fused-ring (bicyclic) bond motifs is 3. The van der Waals surface area contributed by atoms with Gasteiger partial charge in [-0.3, -0.25) is 0 Å². The average molecular weight is 511 g/mol. The average Bonchev–Trinajstić information content (AvgIpc) is 3.53. The van der Waals surface area contributed by atoms with Gasteiger partial charge < -0.3 is 19.5 Å². The number of carbonyl (C=O) groups is 1. The minimum Gasteiger partial charge on any atom is -0.383 e. The number of hydrogen-bond donors (Lipinski definition) is 1. The van der Waals surface area contributed by atoms with Gasteiger partial charge in [0, 0.05) is 44.4 Å². The number of rotatable bonds is 7. The molecule has 0 unspecified atom stereocenters. The standard InChI is InChI=1S/C25H30N6O4S/c1-29(25(32)26-13-15-35-2)18-8-10-19(11-9-18)30-17-28-22-16-27-24-21(23(22)30)12-14-31(24)36(33,34)20-6-4-3-5-7-20/h3-7,12,14,16-19H,8-11,13,15H2,1-2H3,(H,26,32). The summed E-state index contributed by atoms with van der Waals surface area (Å²) in [6, 6.07) is 10.4. The maximum Gasteiger partial charge on any atom is 0.317 e. The predicted molar refractivity (Wildman–Crippen MR) is 136 cm³/mol. The molecule has 11 heteroatoms. The molecule has 0 aliphatic heterocycles. The summed E-state index contributed by atoms with van der Waals surface area (Å²) in [6.45, 7) is 0.970. The molecule has 36 heavy (non-hydrogen) atoms. The minimum absolute atomic E-state index is 0.0858. The SMILES string of the molecule is COCCNC(=O)N(C)C1CCC(n2cnc3cnc4c(ccn4S(=O)(=O)c4ccccc4)c32)CC1. The lowest BCUT2D eigenvalue weighted by Gasteiger charge is -2.35. The van der Waals surface area contributed by atoms with Gasteiger partial charge in [0.05, 0.1) is 29.5 Å². The lowest BCUT2D eigenvalue weighted by atomic mass is 9.90. The van der Waals surface area contributed by atoms with Gasteiger partial charge in [0.25, 0.3) is 10.0 Å². The predicted octanol–water partition coefficient (Wildman–Crippen LogP) is 3.39. The first kappa shape index (κ1) is 24.3. The van der Waals surface area contributed by atoms with E-state index in [1.807, 2.05) is 13.4 Å². The summed E-state index contributed by atoms with van der Waals surface area (Å²) in [5, 5.41) is 3.63. The van der Waals surface area contributed by atoms with E-state index in [4.69, 9.17) is 4.74 Å². The number of pyridine rings is 1. The molecule has 1 aliphatic carbocycles. The third-order valence-electron chi connectivity index (χ3n) is 7.02. The topological polar surface area (TPSA) is 111 Å². The van der Waals surface area contributed by atoms with Crippen molar-refractivity contribution in [3.63, 3.8) is 0 Å². The Balaban J connectivity index is 1.39. The van der Waals surface area contributed by atoms with Gasteiger partial charge in [-0.05, 0) is 43.9 Å². The van der Waals surface area contributed by atoms with Crippen LogP contribution in [0.5, 0.6) is 0 Å². The number of methoxy groups -OCH3 is 1. The largest absolute Gasteiger partial charge is 0.383 e. The molecule has 1 aliphatic rings. The summed E-state index contributed by atoms with van der Waals surface area (Å²) in [4.78, 5) is 23.4. The van der Waals surface area contributed by atoms with Crippen molar-refractivity contribution >= 4 is 38.1 Å². The van der Waals surface area contributed by atoms with Crippen LogP contribution in [0.25, 0.3) is 22.1 Å². The van der Waals surface area contributed by atoms with Crippen molar-refractivity contribution in [1.29, 1.82) is 0 Å². The zero-order valence-electron chi connectivity index (χ0n) is 20.4. The summed E-state index contributed by atoms with van der Waals surface area (Å²) >= 11 is 0. The summed E-state index contributed by atoms with van der Waals surface area (Å²) < 4.78 is 34.9. The van der Waals surface area contributed by atoms with Crippen LogP contribution in [0.1, 0.15) is 31.7 Å². The number of urea groups is 1. The smallest absolute Gasteiger partial charge is 0.317 e. The van der Waals surface area contributed by atoms with Crippen molar-refractivity contribution < 1.29 is 17.9 Å². The third kappa shape index (κ3) is 4.33. The maximum absolute atomic E-state index is 13.3. The molecule has 0 radical (unpaired) electrons. The van der Waals surface area contributed by atoms with Crippen molar-refractivity contribution in [3.05, 3.63) is 55.1 Å². The highest BCUT2D eigenvalue weighted by Gasteiger charge is 2.29. The molecular formula is C25H30N6O4S. The van der Waals surface area contributed by atoms with Gasteiger partial charge in [0.1, 0.15) is 5.52 Å². The van der Waals surface area contributed by atoms with Crippen LogP contribution in [0, 0.1) is 0 Å². The Morgan fingerprint density at radius 1 is 1.14 bits per heavy atom. The number of aromatic nitrogens is 4. The second kappa shape index (κ2) is 9.90. The van der Waals surface area contributed by atoms with E-state index in [0.29, 0.717) is 18.8 Å². The summed E-state index contributed by atoms with van der Waals surface area (Å²) in [6.07, 6.45) is 8.53. The first-order valence-corrected chi connectivity index (χ1v) is 13.5. The van der Waals surface area contributed by atoms with E-state index >= 15 is 0 Å². The van der Waals surface area contributed by atoms with Crippen LogP contribution in [-0.2, 0) is 14.8 Å². The number of amides is 2. The number of hydrogen-bond acceptors (Lipinski definition) is 6. The third-order valence-corrected chi connectivity index (χ3v) is 8.70. The minimum atomic E-state index is -3.77. The van der Waals surface area contributed by atoms with Crippen molar-refractivity contribution in [1.82, 2.24) is 28.7 Å². The fourth-order valence-electron chi connectivity index (χ4n) is 5.04. The van der Waals surface area contributed by atoms with E-state index in [9.17, 15) is 13.2 Å². The van der Waals surface area contributed by atoms with Gasteiger partial charge in [-0.15, -0.1) is 0 Å². The lowest BCUT2D eigenvalue weighted by Crippen LogP contribution is -2.45. The van der Waals surface area contributed by atoms with E-state index in [1.165, 1.54) is 3.97 Å². The Kier molecular flexibility index (Phi) is 6.67. The van der Waals surface area contributed by atoms with Crippen molar-refractivity contribution in [2.75, 3.05) is 27.3 Å². The molecule has 2 amide bonds. The molecule has 10 nitrogen and oxygen atoms in total. The molecule has 3 aromatic heterocycles. The van der Waals surface area contributed by atoms with E-state index in [-0.39, 0.29) is 23.0 Å². The molecule has 3 heterocycles. The molecule has 0 atom stereocenters. The number of ether oxygens (including phenoxy) is 1. The Labute approximate surface area is 209 Å². The van der Waals surface area contributed by atoms with Gasteiger partial charge in [-0.1, -0.05) is 18.2 Å². The van der Waals surface area contributed by atoms with Gasteiger partial charge in [-0.2, -0.15) is 0 Å². The molecule has 4 aromatic rings. The Morgan fingerprint density at radius 2 is 1.89 bits per heavy atom. The van der Waals surface area contributed by atoms with Crippen LogP contribution >= 0.6 is 0 Å². The van der Waals surface area contributed by atoms with Crippen LogP contribution in [0.2, 0.25) is 0 Å². The first-order valence-electron chi connectivity index (χ1n) is 12.0. The van der Waals surface area contributed by atoms with Gasteiger partial charge in [0.15, 0.2) is 5.65 Å². The molecular weight excluding hydrogens is 480 g/mol. The fraction of sp³-hybridized carbons (Fsp3) is 0.400. The highest BCUT2D eigenvalue weighted by Crippen LogP contribution is 2.35. The highest BCUT2D eigenvalue weighted by molar-refractivity contribution is 7.90.